The number of hydrogen-bond donors (Lipinski definition) is 1. The van der Waals surface area contributed by atoms with E-state index >= 15 is 0 Å². The molecule has 0 saturated carbocycles. The molecule has 0 rings (SSSR count). The molecule has 70 valence electrons. The van der Waals surface area contributed by atoms with Crippen LogP contribution < -0.4 is 0 Å². The summed E-state index contributed by atoms with van der Waals surface area (Å²) < 4.78 is 0. The molecular weight excluding hydrogens is 148 g/mol. The Morgan fingerprint density at radius 2 is 2.00 bits per heavy atom. The van der Waals surface area contributed by atoms with Gasteiger partial charge in [0, 0.05) is 6.42 Å². The molecule has 0 heterocycles. The zero-order valence-corrected chi connectivity index (χ0v) is 8.65. The first-order valence-electron chi connectivity index (χ1n) is 4.55. The van der Waals surface area contributed by atoms with Crippen molar-refractivity contribution in [1.29, 1.82) is 0 Å². The average molecular weight is 168 g/mol. The highest BCUT2D eigenvalue weighted by Crippen LogP contribution is 2.27. The molecule has 0 amide bonds. The number of aliphatic hydroxyl groups excluding tert-OH is 1. The summed E-state index contributed by atoms with van der Waals surface area (Å²) >= 11 is 0. The zero-order chi connectivity index (χ0) is 9.61. The number of aliphatic hydroxyl groups is 1. The van der Waals surface area contributed by atoms with Gasteiger partial charge >= 0.3 is 0 Å². The quantitative estimate of drug-likeness (QED) is 0.640. The highest BCUT2D eigenvalue weighted by atomic mass is 16.3. The zero-order valence-electron chi connectivity index (χ0n) is 8.65. The van der Waals surface area contributed by atoms with Crippen LogP contribution in [0.2, 0.25) is 0 Å². The molecular formula is C11H20O. The fourth-order valence-electron chi connectivity index (χ4n) is 1.43. The van der Waals surface area contributed by atoms with Gasteiger partial charge in [0.15, 0.2) is 0 Å². The van der Waals surface area contributed by atoms with Crippen molar-refractivity contribution in [2.45, 2.75) is 53.1 Å². The predicted octanol–water partition coefficient (Wildman–Crippen LogP) is 2.59. The minimum atomic E-state index is -0.199. The highest BCUT2D eigenvalue weighted by molar-refractivity contribution is 4.95. The van der Waals surface area contributed by atoms with Gasteiger partial charge in [0.25, 0.3) is 0 Å². The summed E-state index contributed by atoms with van der Waals surface area (Å²) in [4.78, 5) is 0. The third-order valence-electron chi connectivity index (χ3n) is 1.95. The van der Waals surface area contributed by atoms with Crippen LogP contribution in [0.25, 0.3) is 0 Å². The molecule has 0 radical (unpaired) electrons. The SMILES string of the molecule is CC#CCCC(C)(C)CC(C)O. The van der Waals surface area contributed by atoms with Crippen molar-refractivity contribution in [2.75, 3.05) is 0 Å². The molecule has 1 heteroatoms. The summed E-state index contributed by atoms with van der Waals surface area (Å²) in [5.74, 6) is 5.93. The predicted molar refractivity (Wildman–Crippen MR) is 52.8 cm³/mol. The summed E-state index contributed by atoms with van der Waals surface area (Å²) in [5.41, 5.74) is 0.220. The van der Waals surface area contributed by atoms with Crippen molar-refractivity contribution in [2.24, 2.45) is 5.41 Å². The van der Waals surface area contributed by atoms with Gasteiger partial charge in [-0.1, -0.05) is 13.8 Å². The van der Waals surface area contributed by atoms with E-state index in [0.717, 1.165) is 19.3 Å². The molecule has 0 saturated heterocycles. The number of rotatable bonds is 4. The topological polar surface area (TPSA) is 20.2 Å². The van der Waals surface area contributed by atoms with Gasteiger partial charge in [-0.25, -0.2) is 0 Å². The van der Waals surface area contributed by atoms with Crippen LogP contribution in [-0.2, 0) is 0 Å². The molecule has 0 aliphatic carbocycles. The van der Waals surface area contributed by atoms with Crippen LogP contribution in [0.15, 0.2) is 0 Å². The molecule has 0 aromatic carbocycles. The van der Waals surface area contributed by atoms with E-state index in [4.69, 9.17) is 0 Å². The van der Waals surface area contributed by atoms with E-state index in [2.05, 4.69) is 25.7 Å². The summed E-state index contributed by atoms with van der Waals surface area (Å²) in [6.07, 6.45) is 2.67. The Balaban J connectivity index is 3.75. The lowest BCUT2D eigenvalue weighted by atomic mass is 9.83. The van der Waals surface area contributed by atoms with Gasteiger partial charge in [0.1, 0.15) is 0 Å². The third-order valence-corrected chi connectivity index (χ3v) is 1.95. The molecule has 0 fully saturated rings. The lowest BCUT2D eigenvalue weighted by Crippen LogP contribution is -2.18. The lowest BCUT2D eigenvalue weighted by Gasteiger charge is -2.24. The molecule has 0 aromatic heterocycles. The Bertz CT molecular complexity index is 169. The van der Waals surface area contributed by atoms with Crippen molar-refractivity contribution in [1.82, 2.24) is 0 Å². The first kappa shape index (κ1) is 11.5. The van der Waals surface area contributed by atoms with Crippen LogP contribution in [0.1, 0.15) is 47.0 Å². The average Bonchev–Trinajstić information content (AvgIpc) is 1.84. The second-order valence-electron chi connectivity index (χ2n) is 4.14. The Kier molecular flexibility index (Phi) is 5.01. The standard InChI is InChI=1S/C11H20O/c1-5-6-7-8-11(3,4)9-10(2)12/h10,12H,7-9H2,1-4H3. The molecule has 1 atom stereocenters. The largest absolute Gasteiger partial charge is 0.393 e. The third kappa shape index (κ3) is 6.24. The smallest absolute Gasteiger partial charge is 0.0517 e. The molecule has 0 bridgehead atoms. The van der Waals surface area contributed by atoms with Gasteiger partial charge in [0.05, 0.1) is 6.10 Å². The van der Waals surface area contributed by atoms with Gasteiger partial charge in [-0.3, -0.25) is 0 Å². The minimum absolute atomic E-state index is 0.199. The molecule has 1 unspecified atom stereocenters. The van der Waals surface area contributed by atoms with Gasteiger partial charge in [0.2, 0.25) is 0 Å². The fourth-order valence-corrected chi connectivity index (χ4v) is 1.43. The first-order chi connectivity index (χ1) is 5.48. The Morgan fingerprint density at radius 1 is 1.42 bits per heavy atom. The maximum atomic E-state index is 9.21. The molecule has 0 spiro atoms. The van der Waals surface area contributed by atoms with Crippen LogP contribution in [0, 0.1) is 17.3 Å². The molecule has 12 heavy (non-hydrogen) atoms. The maximum absolute atomic E-state index is 9.21. The van der Waals surface area contributed by atoms with E-state index in [0.29, 0.717) is 0 Å². The Labute approximate surface area is 76.2 Å². The van der Waals surface area contributed by atoms with Crippen LogP contribution in [0.4, 0.5) is 0 Å². The monoisotopic (exact) mass is 168 g/mol. The first-order valence-corrected chi connectivity index (χ1v) is 4.55. The second-order valence-corrected chi connectivity index (χ2v) is 4.14. The summed E-state index contributed by atoms with van der Waals surface area (Å²) in [6.45, 7) is 8.06. The van der Waals surface area contributed by atoms with Gasteiger partial charge in [-0.05, 0) is 32.1 Å². The van der Waals surface area contributed by atoms with E-state index < -0.39 is 0 Å². The normalized spacial score (nSPS) is 13.4. The van der Waals surface area contributed by atoms with Crippen molar-refractivity contribution >= 4 is 0 Å². The van der Waals surface area contributed by atoms with Crippen LogP contribution in [0.3, 0.4) is 0 Å². The maximum Gasteiger partial charge on any atom is 0.0517 e. The Morgan fingerprint density at radius 3 is 2.42 bits per heavy atom. The van der Waals surface area contributed by atoms with E-state index in [1.807, 2.05) is 13.8 Å². The second kappa shape index (κ2) is 5.22. The van der Waals surface area contributed by atoms with Crippen LogP contribution >= 0.6 is 0 Å². The van der Waals surface area contributed by atoms with Crippen LogP contribution in [-0.4, -0.2) is 11.2 Å². The molecule has 1 nitrogen and oxygen atoms in total. The van der Waals surface area contributed by atoms with Crippen molar-refractivity contribution < 1.29 is 5.11 Å². The Hall–Kier alpha value is -0.480. The molecule has 0 aromatic rings. The van der Waals surface area contributed by atoms with E-state index in [9.17, 15) is 5.11 Å². The van der Waals surface area contributed by atoms with Crippen molar-refractivity contribution in [3.63, 3.8) is 0 Å². The minimum Gasteiger partial charge on any atom is -0.393 e. The van der Waals surface area contributed by atoms with Crippen molar-refractivity contribution in [3.05, 3.63) is 0 Å². The van der Waals surface area contributed by atoms with Gasteiger partial charge in [-0.2, -0.15) is 0 Å². The lowest BCUT2D eigenvalue weighted by molar-refractivity contribution is 0.125. The molecule has 1 N–H and O–H groups in total. The van der Waals surface area contributed by atoms with Gasteiger partial charge in [-0.15, -0.1) is 11.8 Å². The summed E-state index contributed by atoms with van der Waals surface area (Å²) in [7, 11) is 0. The highest BCUT2D eigenvalue weighted by Gasteiger charge is 2.18. The molecule has 0 aliphatic heterocycles. The van der Waals surface area contributed by atoms with E-state index in [1.54, 1.807) is 0 Å². The molecule has 0 aliphatic rings. The summed E-state index contributed by atoms with van der Waals surface area (Å²) in [5, 5.41) is 9.21. The van der Waals surface area contributed by atoms with E-state index in [1.165, 1.54) is 0 Å². The fraction of sp³-hybridized carbons (Fsp3) is 0.818. The van der Waals surface area contributed by atoms with Crippen LogP contribution in [0.5, 0.6) is 0 Å². The number of hydrogen-bond acceptors (Lipinski definition) is 1. The summed E-state index contributed by atoms with van der Waals surface area (Å²) in [6, 6.07) is 0. The van der Waals surface area contributed by atoms with Gasteiger partial charge < -0.3 is 5.11 Å². The van der Waals surface area contributed by atoms with Crippen molar-refractivity contribution in [3.8, 4) is 11.8 Å². The van der Waals surface area contributed by atoms with E-state index in [-0.39, 0.29) is 11.5 Å².